The lowest BCUT2D eigenvalue weighted by molar-refractivity contribution is 0.297. The maximum absolute atomic E-state index is 12.9. The van der Waals surface area contributed by atoms with Crippen LogP contribution in [0.15, 0.2) is 36.4 Å². The molecule has 1 aliphatic heterocycles. The fraction of sp³-hybridized carbons (Fsp3) is 0.524. The molecule has 26 heavy (non-hydrogen) atoms. The summed E-state index contributed by atoms with van der Waals surface area (Å²) in [5, 5.41) is 5.77. The van der Waals surface area contributed by atoms with E-state index in [1.165, 1.54) is 5.39 Å². The third-order valence-corrected chi connectivity index (χ3v) is 6.66. The average Bonchev–Trinajstić information content (AvgIpc) is 2.64. The van der Waals surface area contributed by atoms with Gasteiger partial charge in [0.2, 0.25) is 0 Å². The molecule has 0 spiro atoms. The van der Waals surface area contributed by atoms with Gasteiger partial charge >= 0.3 is 0 Å². The highest BCUT2D eigenvalue weighted by Gasteiger charge is 2.35. The molecule has 1 fully saturated rings. The minimum Gasteiger partial charge on any atom is -0.598 e. The van der Waals surface area contributed by atoms with Crippen molar-refractivity contribution in [3.63, 3.8) is 0 Å². The van der Waals surface area contributed by atoms with Gasteiger partial charge in [0.15, 0.2) is 0 Å². The van der Waals surface area contributed by atoms with Crippen LogP contribution in [0, 0.1) is 5.92 Å². The van der Waals surface area contributed by atoms with Gasteiger partial charge in [-0.05, 0) is 75.5 Å². The second kappa shape index (κ2) is 8.17. The van der Waals surface area contributed by atoms with E-state index < -0.39 is 11.4 Å². The molecule has 2 aromatic rings. The first kappa shape index (κ1) is 19.5. The van der Waals surface area contributed by atoms with Crippen molar-refractivity contribution in [2.75, 3.05) is 20.2 Å². The summed E-state index contributed by atoms with van der Waals surface area (Å²) in [6, 6.07) is 12.6. The maximum atomic E-state index is 12.9. The normalized spacial score (nSPS) is 18.7. The zero-order chi connectivity index (χ0) is 18.7. The summed E-state index contributed by atoms with van der Waals surface area (Å²) in [7, 11) is 1.72. The Morgan fingerprint density at radius 3 is 2.35 bits per heavy atom. The fourth-order valence-electron chi connectivity index (χ4n) is 3.54. The second-order valence-corrected chi connectivity index (χ2v) is 10.0. The van der Waals surface area contributed by atoms with Crippen LogP contribution in [-0.2, 0) is 11.4 Å². The van der Waals surface area contributed by atoms with E-state index in [1.54, 1.807) is 7.11 Å². The molecule has 0 amide bonds. The SMILES string of the molecule is COc1cc2ccccc2cc1[C@H](N[S+]([O-])C(C)(C)C)C1CCNCC1. The van der Waals surface area contributed by atoms with Crippen molar-refractivity contribution in [3.8, 4) is 5.75 Å². The molecule has 0 saturated carbocycles. The molecule has 1 heterocycles. The molecule has 0 aromatic heterocycles. The molecular formula is C21H30N2O2S. The van der Waals surface area contributed by atoms with Crippen LogP contribution in [0.25, 0.3) is 10.8 Å². The Labute approximate surface area is 160 Å². The van der Waals surface area contributed by atoms with Gasteiger partial charge in [0.05, 0.1) is 13.2 Å². The Kier molecular flexibility index (Phi) is 6.13. The summed E-state index contributed by atoms with van der Waals surface area (Å²) < 4.78 is 21.8. The summed E-state index contributed by atoms with van der Waals surface area (Å²) in [6.45, 7) is 8.02. The Bertz CT molecular complexity index is 738. The van der Waals surface area contributed by atoms with E-state index in [-0.39, 0.29) is 10.8 Å². The van der Waals surface area contributed by atoms with Crippen molar-refractivity contribution in [2.24, 2.45) is 5.92 Å². The van der Waals surface area contributed by atoms with E-state index in [0.717, 1.165) is 42.6 Å². The number of piperidine rings is 1. The molecule has 142 valence electrons. The molecule has 3 rings (SSSR count). The number of methoxy groups -OCH3 is 1. The van der Waals surface area contributed by atoms with Gasteiger partial charge in [-0.1, -0.05) is 24.3 Å². The standard InChI is InChI=1S/C21H30N2O2S/c1-21(2,3)26(24)23-20(15-9-11-22-12-10-15)18-13-16-7-5-6-8-17(16)14-19(18)25-4/h5-8,13-15,20,22-23H,9-12H2,1-4H3/t20-,26?/m1/s1. The molecule has 2 N–H and O–H groups in total. The van der Waals surface area contributed by atoms with Crippen LogP contribution in [-0.4, -0.2) is 29.5 Å². The van der Waals surface area contributed by atoms with Gasteiger partial charge < -0.3 is 14.6 Å². The van der Waals surface area contributed by atoms with Gasteiger partial charge in [0, 0.05) is 16.9 Å². The summed E-state index contributed by atoms with van der Waals surface area (Å²) in [6.07, 6.45) is 2.13. The van der Waals surface area contributed by atoms with Crippen LogP contribution < -0.4 is 14.8 Å². The zero-order valence-corrected chi connectivity index (χ0v) is 17.0. The Hall–Kier alpha value is -1.27. The van der Waals surface area contributed by atoms with E-state index in [4.69, 9.17) is 4.74 Å². The van der Waals surface area contributed by atoms with E-state index in [0.29, 0.717) is 5.92 Å². The summed E-state index contributed by atoms with van der Waals surface area (Å²) in [5.41, 5.74) is 1.11. The third-order valence-electron chi connectivity index (χ3n) is 5.08. The largest absolute Gasteiger partial charge is 0.598 e. The summed E-state index contributed by atoms with van der Waals surface area (Å²) in [5.74, 6) is 1.29. The monoisotopic (exact) mass is 374 g/mol. The number of nitrogens with one attached hydrogen (secondary N) is 2. The quantitative estimate of drug-likeness (QED) is 0.779. The van der Waals surface area contributed by atoms with Crippen molar-refractivity contribution in [3.05, 3.63) is 42.0 Å². The van der Waals surface area contributed by atoms with Crippen LogP contribution in [0.1, 0.15) is 45.2 Å². The fourth-order valence-corrected chi connectivity index (χ4v) is 4.44. The Morgan fingerprint density at radius 1 is 1.15 bits per heavy atom. The lowest BCUT2D eigenvalue weighted by atomic mass is 9.85. The van der Waals surface area contributed by atoms with Crippen molar-refractivity contribution >= 4 is 22.1 Å². The number of ether oxygens (including phenoxy) is 1. The molecule has 1 saturated heterocycles. The summed E-state index contributed by atoms with van der Waals surface area (Å²) >= 11 is -1.14. The molecule has 0 bridgehead atoms. The van der Waals surface area contributed by atoms with E-state index in [2.05, 4.69) is 40.4 Å². The van der Waals surface area contributed by atoms with Gasteiger partial charge in [0.1, 0.15) is 10.5 Å². The molecule has 0 aliphatic carbocycles. The number of rotatable bonds is 5. The first-order valence-corrected chi connectivity index (χ1v) is 10.5. The van der Waals surface area contributed by atoms with Gasteiger partial charge in [-0.15, -0.1) is 4.72 Å². The lowest BCUT2D eigenvalue weighted by Crippen LogP contribution is -2.45. The maximum Gasteiger partial charge on any atom is 0.136 e. The first-order chi connectivity index (χ1) is 12.4. The molecular weight excluding hydrogens is 344 g/mol. The molecule has 1 unspecified atom stereocenters. The number of hydrogen-bond donors (Lipinski definition) is 2. The van der Waals surface area contributed by atoms with Crippen molar-refractivity contribution < 1.29 is 9.29 Å². The second-order valence-electron chi connectivity index (χ2n) is 8.01. The van der Waals surface area contributed by atoms with Crippen molar-refractivity contribution in [2.45, 2.75) is 44.4 Å². The van der Waals surface area contributed by atoms with Crippen LogP contribution >= 0.6 is 0 Å². The molecule has 2 aromatic carbocycles. The molecule has 5 heteroatoms. The average molecular weight is 375 g/mol. The molecule has 0 radical (unpaired) electrons. The van der Waals surface area contributed by atoms with Crippen LogP contribution in [0.2, 0.25) is 0 Å². The zero-order valence-electron chi connectivity index (χ0n) is 16.2. The van der Waals surface area contributed by atoms with Crippen LogP contribution in [0.4, 0.5) is 0 Å². The van der Waals surface area contributed by atoms with Gasteiger partial charge in [-0.3, -0.25) is 0 Å². The van der Waals surface area contributed by atoms with Crippen molar-refractivity contribution in [1.82, 2.24) is 10.0 Å². The first-order valence-electron chi connectivity index (χ1n) is 9.35. The molecule has 2 atom stereocenters. The number of benzene rings is 2. The Morgan fingerprint density at radius 2 is 1.77 bits per heavy atom. The predicted octanol–water partition coefficient (Wildman–Crippen LogP) is 3.94. The van der Waals surface area contributed by atoms with Gasteiger partial charge in [-0.2, -0.15) is 0 Å². The number of hydrogen-bond acceptors (Lipinski definition) is 4. The molecule has 1 aliphatic rings. The highest BCUT2D eigenvalue weighted by molar-refractivity contribution is 7.90. The highest BCUT2D eigenvalue weighted by Crippen LogP contribution is 2.38. The summed E-state index contributed by atoms with van der Waals surface area (Å²) in [4.78, 5) is 0. The highest BCUT2D eigenvalue weighted by atomic mass is 32.2. The van der Waals surface area contributed by atoms with Crippen LogP contribution in [0.5, 0.6) is 5.75 Å². The smallest absolute Gasteiger partial charge is 0.136 e. The van der Waals surface area contributed by atoms with Gasteiger partial charge in [-0.25, -0.2) is 0 Å². The van der Waals surface area contributed by atoms with Gasteiger partial charge in [0.25, 0.3) is 0 Å². The lowest BCUT2D eigenvalue weighted by Gasteiger charge is -2.35. The minimum absolute atomic E-state index is 0.0108. The number of fused-ring (bicyclic) bond motifs is 1. The predicted molar refractivity (Wildman–Crippen MR) is 110 cm³/mol. The molecule has 4 nitrogen and oxygen atoms in total. The van der Waals surface area contributed by atoms with Crippen molar-refractivity contribution in [1.29, 1.82) is 0 Å². The third kappa shape index (κ3) is 4.34. The topological polar surface area (TPSA) is 56.3 Å². The van der Waals surface area contributed by atoms with Crippen LogP contribution in [0.3, 0.4) is 0 Å². The van der Waals surface area contributed by atoms with E-state index in [1.807, 2.05) is 26.8 Å². The minimum atomic E-state index is -1.14. The van der Waals surface area contributed by atoms with E-state index in [9.17, 15) is 4.55 Å². The van der Waals surface area contributed by atoms with E-state index >= 15 is 0 Å². The Balaban J connectivity index is 2.03.